The second kappa shape index (κ2) is 4.74. The fraction of sp³-hybridized carbons (Fsp3) is 0.600. The lowest BCUT2D eigenvalue weighted by atomic mass is 9.92. The Morgan fingerprint density at radius 2 is 2.40 bits per heavy atom. The summed E-state index contributed by atoms with van der Waals surface area (Å²) in [5.74, 6) is 0.209. The van der Waals surface area contributed by atoms with Gasteiger partial charge in [-0.05, 0) is 36.8 Å². The van der Waals surface area contributed by atoms with Crippen LogP contribution in [0.25, 0.3) is 0 Å². The molecular formula is C15H21N3O2. The molecule has 0 aromatic carbocycles. The van der Waals surface area contributed by atoms with Crippen molar-refractivity contribution in [2.24, 2.45) is 11.7 Å². The Morgan fingerprint density at radius 3 is 3.10 bits per heavy atom. The van der Waals surface area contributed by atoms with E-state index in [-0.39, 0.29) is 22.6 Å². The summed E-state index contributed by atoms with van der Waals surface area (Å²) in [4.78, 5) is 28.8. The number of H-pyrrole nitrogens is 1. The molecule has 1 aliphatic heterocycles. The predicted molar refractivity (Wildman–Crippen MR) is 76.6 cm³/mol. The van der Waals surface area contributed by atoms with Crippen molar-refractivity contribution in [2.45, 2.75) is 38.1 Å². The van der Waals surface area contributed by atoms with Crippen LogP contribution in [0.4, 0.5) is 0 Å². The van der Waals surface area contributed by atoms with E-state index >= 15 is 0 Å². The summed E-state index contributed by atoms with van der Waals surface area (Å²) in [5, 5.41) is 0. The molecule has 1 aromatic heterocycles. The molecule has 2 fully saturated rings. The van der Waals surface area contributed by atoms with Crippen LogP contribution in [-0.2, 0) is 6.42 Å². The normalized spacial score (nSPS) is 28.7. The van der Waals surface area contributed by atoms with E-state index in [1.807, 2.05) is 6.92 Å². The Labute approximate surface area is 118 Å². The first-order valence-electron chi connectivity index (χ1n) is 7.33. The Bertz CT molecular complexity index is 595. The van der Waals surface area contributed by atoms with E-state index in [9.17, 15) is 9.59 Å². The molecule has 5 heteroatoms. The molecule has 0 bridgehead atoms. The summed E-state index contributed by atoms with van der Waals surface area (Å²) in [6, 6.07) is 1.71. The number of aromatic nitrogens is 1. The number of likely N-dealkylation sites (tertiary alicyclic amines) is 1. The minimum absolute atomic E-state index is 0.180. The van der Waals surface area contributed by atoms with Crippen LogP contribution in [0.2, 0.25) is 0 Å². The lowest BCUT2D eigenvalue weighted by molar-refractivity contribution is 0.0776. The van der Waals surface area contributed by atoms with E-state index in [2.05, 4.69) is 4.98 Å². The second-order valence-electron chi connectivity index (χ2n) is 6.11. The third-order valence-corrected chi connectivity index (χ3v) is 4.82. The fourth-order valence-corrected chi connectivity index (χ4v) is 3.55. The molecule has 0 spiro atoms. The highest BCUT2D eigenvalue weighted by molar-refractivity contribution is 5.94. The Morgan fingerprint density at radius 1 is 1.60 bits per heavy atom. The first kappa shape index (κ1) is 13.4. The first-order valence-corrected chi connectivity index (χ1v) is 7.33. The summed E-state index contributed by atoms with van der Waals surface area (Å²) >= 11 is 0. The maximum atomic E-state index is 12.6. The van der Waals surface area contributed by atoms with Crippen LogP contribution in [-0.4, -0.2) is 34.4 Å². The minimum Gasteiger partial charge on any atom is -0.336 e. The number of hydrogen-bond donors (Lipinski definition) is 2. The van der Waals surface area contributed by atoms with Gasteiger partial charge >= 0.3 is 0 Å². The second-order valence-corrected chi connectivity index (χ2v) is 6.11. The summed E-state index contributed by atoms with van der Waals surface area (Å²) in [5.41, 5.74) is 7.05. The van der Waals surface area contributed by atoms with Crippen molar-refractivity contribution in [3.63, 3.8) is 0 Å². The van der Waals surface area contributed by atoms with E-state index in [1.54, 1.807) is 17.2 Å². The number of fused-ring (bicyclic) bond motifs is 1. The van der Waals surface area contributed by atoms with Crippen molar-refractivity contribution in [1.29, 1.82) is 0 Å². The van der Waals surface area contributed by atoms with Crippen LogP contribution in [0.15, 0.2) is 17.1 Å². The zero-order chi connectivity index (χ0) is 14.3. The zero-order valence-corrected chi connectivity index (χ0v) is 11.8. The molecule has 2 aliphatic rings. The molecule has 1 amide bonds. The third kappa shape index (κ3) is 2.06. The number of amides is 1. The van der Waals surface area contributed by atoms with Crippen molar-refractivity contribution in [2.75, 3.05) is 13.1 Å². The van der Waals surface area contributed by atoms with Gasteiger partial charge in [0.25, 0.3) is 11.5 Å². The molecule has 3 rings (SSSR count). The molecule has 2 unspecified atom stereocenters. The van der Waals surface area contributed by atoms with Gasteiger partial charge in [-0.3, -0.25) is 9.59 Å². The molecule has 1 aromatic rings. The van der Waals surface area contributed by atoms with Crippen LogP contribution >= 0.6 is 0 Å². The topological polar surface area (TPSA) is 79.2 Å². The molecular weight excluding hydrogens is 254 g/mol. The van der Waals surface area contributed by atoms with E-state index in [1.165, 1.54) is 0 Å². The smallest absolute Gasteiger partial charge is 0.260 e. The maximum Gasteiger partial charge on any atom is 0.260 e. The quantitative estimate of drug-likeness (QED) is 0.841. The van der Waals surface area contributed by atoms with Crippen LogP contribution in [0, 0.1) is 5.92 Å². The van der Waals surface area contributed by atoms with Crippen LogP contribution < -0.4 is 11.3 Å². The maximum absolute atomic E-state index is 12.6. The van der Waals surface area contributed by atoms with Crippen molar-refractivity contribution >= 4 is 5.91 Å². The standard InChI is InChI=1S/C15H21N3O2/c1-2-10-6-12(13(19)17-7-10)14(20)18-8-11-4-3-5-15(11,16)9-18/h6-7,11H,2-5,8-9,16H2,1H3,(H,17,19). The predicted octanol–water partition coefficient (Wildman–Crippen LogP) is 0.891. The van der Waals surface area contributed by atoms with E-state index in [4.69, 9.17) is 5.73 Å². The molecule has 2 atom stereocenters. The summed E-state index contributed by atoms with van der Waals surface area (Å²) < 4.78 is 0. The largest absolute Gasteiger partial charge is 0.336 e. The van der Waals surface area contributed by atoms with Gasteiger partial charge in [-0.2, -0.15) is 0 Å². The number of hydrogen-bond acceptors (Lipinski definition) is 3. The van der Waals surface area contributed by atoms with Crippen molar-refractivity contribution in [3.8, 4) is 0 Å². The summed E-state index contributed by atoms with van der Waals surface area (Å²) in [6.07, 6.45) is 5.68. The number of rotatable bonds is 2. The molecule has 5 nitrogen and oxygen atoms in total. The van der Waals surface area contributed by atoms with Crippen LogP contribution in [0.5, 0.6) is 0 Å². The van der Waals surface area contributed by atoms with Gasteiger partial charge in [-0.15, -0.1) is 0 Å². The van der Waals surface area contributed by atoms with Gasteiger partial charge < -0.3 is 15.6 Å². The SMILES string of the molecule is CCc1c[nH]c(=O)c(C(=O)N2CC3CCCC3(N)C2)c1. The van der Waals surface area contributed by atoms with Crippen molar-refractivity contribution in [1.82, 2.24) is 9.88 Å². The van der Waals surface area contributed by atoms with Gasteiger partial charge in [0.1, 0.15) is 5.56 Å². The highest BCUT2D eigenvalue weighted by atomic mass is 16.2. The average molecular weight is 275 g/mol. The van der Waals surface area contributed by atoms with Crippen LogP contribution in [0.1, 0.15) is 42.1 Å². The van der Waals surface area contributed by atoms with Gasteiger partial charge in [0.05, 0.1) is 0 Å². The van der Waals surface area contributed by atoms with Gasteiger partial charge in [0, 0.05) is 24.8 Å². The molecule has 2 heterocycles. The lowest BCUT2D eigenvalue weighted by Gasteiger charge is -2.23. The number of nitrogens with zero attached hydrogens (tertiary/aromatic N) is 1. The molecule has 1 saturated carbocycles. The molecule has 0 radical (unpaired) electrons. The molecule has 108 valence electrons. The minimum atomic E-state index is -0.310. The van der Waals surface area contributed by atoms with Gasteiger partial charge in [-0.1, -0.05) is 13.3 Å². The van der Waals surface area contributed by atoms with E-state index in [0.29, 0.717) is 19.0 Å². The van der Waals surface area contributed by atoms with Crippen molar-refractivity contribution < 1.29 is 4.79 Å². The van der Waals surface area contributed by atoms with Gasteiger partial charge in [-0.25, -0.2) is 0 Å². The average Bonchev–Trinajstić information content (AvgIpc) is 2.93. The lowest BCUT2D eigenvalue weighted by Crippen LogP contribution is -2.45. The van der Waals surface area contributed by atoms with E-state index in [0.717, 1.165) is 31.2 Å². The van der Waals surface area contributed by atoms with Gasteiger partial charge in [0.2, 0.25) is 0 Å². The monoisotopic (exact) mass is 275 g/mol. The first-order chi connectivity index (χ1) is 9.53. The third-order valence-electron chi connectivity index (χ3n) is 4.82. The Kier molecular flexibility index (Phi) is 3.17. The number of nitrogens with two attached hydrogens (primary N) is 1. The molecule has 1 aliphatic carbocycles. The van der Waals surface area contributed by atoms with Crippen LogP contribution in [0.3, 0.4) is 0 Å². The number of carbonyl (C=O) groups is 1. The Balaban J connectivity index is 1.85. The number of aromatic amines is 1. The molecule has 1 saturated heterocycles. The van der Waals surface area contributed by atoms with Crippen molar-refractivity contribution in [3.05, 3.63) is 33.7 Å². The van der Waals surface area contributed by atoms with Gasteiger partial charge in [0.15, 0.2) is 0 Å². The Hall–Kier alpha value is -1.62. The highest BCUT2D eigenvalue weighted by Crippen LogP contribution is 2.39. The number of pyridine rings is 1. The number of carbonyl (C=O) groups excluding carboxylic acids is 1. The number of nitrogens with one attached hydrogen (secondary N) is 1. The number of aryl methyl sites for hydroxylation is 1. The molecule has 20 heavy (non-hydrogen) atoms. The molecule has 3 N–H and O–H groups in total. The fourth-order valence-electron chi connectivity index (χ4n) is 3.55. The summed E-state index contributed by atoms with van der Waals surface area (Å²) in [7, 11) is 0. The highest BCUT2D eigenvalue weighted by Gasteiger charge is 2.48. The summed E-state index contributed by atoms with van der Waals surface area (Å²) in [6.45, 7) is 3.26. The zero-order valence-electron chi connectivity index (χ0n) is 11.8. The van der Waals surface area contributed by atoms with E-state index < -0.39 is 0 Å².